The molecular weight excluding hydrogens is 378 g/mol. The van der Waals surface area contributed by atoms with Gasteiger partial charge in [-0.3, -0.25) is 4.79 Å². The number of amides is 1. The molecule has 0 aliphatic carbocycles. The summed E-state index contributed by atoms with van der Waals surface area (Å²) in [6.07, 6.45) is 3.82. The molecule has 4 aromatic rings. The number of thiophene rings is 1. The maximum atomic E-state index is 12.9. The Hall–Kier alpha value is -3.31. The van der Waals surface area contributed by atoms with Gasteiger partial charge in [-0.05, 0) is 35.6 Å². The predicted octanol–water partition coefficient (Wildman–Crippen LogP) is 5.68. The van der Waals surface area contributed by atoms with Gasteiger partial charge in [-0.2, -0.15) is 5.10 Å². The van der Waals surface area contributed by atoms with E-state index >= 15 is 0 Å². The van der Waals surface area contributed by atoms with E-state index in [2.05, 4.69) is 41.7 Å². The normalized spacial score (nSPS) is 11.2. The molecule has 0 fully saturated rings. The van der Waals surface area contributed by atoms with Crippen molar-refractivity contribution >= 4 is 34.4 Å². The summed E-state index contributed by atoms with van der Waals surface area (Å²) in [5, 5.41) is 6.87. The highest BCUT2D eigenvalue weighted by Gasteiger charge is 2.13. The molecule has 0 aliphatic rings. The van der Waals surface area contributed by atoms with Gasteiger partial charge >= 0.3 is 0 Å². The van der Waals surface area contributed by atoms with Crippen molar-refractivity contribution in [1.82, 2.24) is 10.4 Å². The summed E-state index contributed by atoms with van der Waals surface area (Å²) in [7, 11) is 0. The minimum Gasteiger partial charge on any atom is -0.267 e. The van der Waals surface area contributed by atoms with Crippen LogP contribution in [-0.4, -0.2) is 17.1 Å². The van der Waals surface area contributed by atoms with Gasteiger partial charge in [0, 0.05) is 15.8 Å². The predicted molar refractivity (Wildman–Crippen MR) is 121 cm³/mol. The average Bonchev–Trinajstić information content (AvgIpc) is 3.27. The summed E-state index contributed by atoms with van der Waals surface area (Å²) in [5.41, 5.74) is 7.06. The number of nitrogens with one attached hydrogen (secondary N) is 1. The number of carbonyl (C=O) groups excluding carboxylic acids is 1. The number of nitrogens with zero attached hydrogens (tertiary/aromatic N) is 2. The van der Waals surface area contributed by atoms with E-state index in [0.29, 0.717) is 5.56 Å². The average molecular weight is 400 g/mol. The molecule has 0 atom stereocenters. The number of carbonyl (C=O) groups is 1. The van der Waals surface area contributed by atoms with E-state index in [0.717, 1.165) is 39.9 Å². The second-order valence-corrected chi connectivity index (χ2v) is 7.71. The van der Waals surface area contributed by atoms with Gasteiger partial charge in [-0.1, -0.05) is 61.9 Å². The maximum absolute atomic E-state index is 12.9. The number of hydrogen-bond acceptors (Lipinski definition) is 4. The van der Waals surface area contributed by atoms with Crippen molar-refractivity contribution in [1.29, 1.82) is 0 Å². The number of hydrazone groups is 1. The van der Waals surface area contributed by atoms with Crippen molar-refractivity contribution in [3.05, 3.63) is 88.1 Å². The fourth-order valence-electron chi connectivity index (χ4n) is 3.22. The van der Waals surface area contributed by atoms with Gasteiger partial charge in [-0.25, -0.2) is 10.4 Å². The first kappa shape index (κ1) is 19.0. The summed E-state index contributed by atoms with van der Waals surface area (Å²) >= 11 is 1.57. The zero-order valence-electron chi connectivity index (χ0n) is 16.1. The van der Waals surface area contributed by atoms with Gasteiger partial charge in [-0.15, -0.1) is 11.3 Å². The van der Waals surface area contributed by atoms with E-state index in [1.165, 1.54) is 5.56 Å². The molecule has 1 amide bonds. The van der Waals surface area contributed by atoms with Gasteiger partial charge in [0.05, 0.1) is 23.0 Å². The zero-order valence-corrected chi connectivity index (χ0v) is 16.9. The summed E-state index contributed by atoms with van der Waals surface area (Å²) in [6.45, 7) is 2.17. The Morgan fingerprint density at radius 1 is 1.10 bits per heavy atom. The van der Waals surface area contributed by atoms with E-state index < -0.39 is 0 Å². The third-order valence-corrected chi connectivity index (χ3v) is 5.46. The van der Waals surface area contributed by atoms with Crippen molar-refractivity contribution < 1.29 is 4.79 Å². The van der Waals surface area contributed by atoms with Gasteiger partial charge in [0.15, 0.2) is 0 Å². The lowest BCUT2D eigenvalue weighted by atomic mass is 10.0. The Bertz CT molecular complexity index is 1150. The van der Waals surface area contributed by atoms with Gasteiger partial charge in [0.1, 0.15) is 0 Å². The first-order chi connectivity index (χ1) is 14.2. The first-order valence-corrected chi connectivity index (χ1v) is 10.5. The largest absolute Gasteiger partial charge is 0.272 e. The van der Waals surface area contributed by atoms with Crippen LogP contribution >= 0.6 is 11.3 Å². The second-order valence-electron chi connectivity index (χ2n) is 6.73. The lowest BCUT2D eigenvalue weighted by Crippen LogP contribution is -2.18. The molecule has 4 rings (SSSR count). The van der Waals surface area contributed by atoms with Gasteiger partial charge < -0.3 is 0 Å². The molecule has 4 nitrogen and oxygen atoms in total. The molecule has 29 heavy (non-hydrogen) atoms. The number of para-hydroxylation sites is 1. The minimum absolute atomic E-state index is 0.250. The Morgan fingerprint density at radius 2 is 1.93 bits per heavy atom. The maximum Gasteiger partial charge on any atom is 0.272 e. The SMILES string of the molecule is CCCc1ccc(-c2cc(C(=O)N/N=C/c3cccs3)c3ccccc3n2)cc1. The highest BCUT2D eigenvalue weighted by molar-refractivity contribution is 7.11. The van der Waals surface area contributed by atoms with Crippen LogP contribution in [0.25, 0.3) is 22.2 Å². The Balaban J connectivity index is 1.67. The van der Waals surface area contributed by atoms with E-state index in [9.17, 15) is 4.79 Å². The van der Waals surface area contributed by atoms with Crippen LogP contribution in [-0.2, 0) is 6.42 Å². The molecule has 0 saturated carbocycles. The Kier molecular flexibility index (Phi) is 5.77. The van der Waals surface area contributed by atoms with Crippen LogP contribution < -0.4 is 5.43 Å². The first-order valence-electron chi connectivity index (χ1n) is 9.60. The van der Waals surface area contributed by atoms with E-state index in [-0.39, 0.29) is 5.91 Å². The van der Waals surface area contributed by atoms with Gasteiger partial charge in [0.25, 0.3) is 5.91 Å². The molecule has 0 aliphatic heterocycles. The van der Waals surface area contributed by atoms with E-state index in [1.54, 1.807) is 17.6 Å². The van der Waals surface area contributed by atoms with E-state index in [1.807, 2.05) is 47.8 Å². The van der Waals surface area contributed by atoms with Crippen LogP contribution in [0.15, 0.2) is 77.2 Å². The van der Waals surface area contributed by atoms with Gasteiger partial charge in [0.2, 0.25) is 0 Å². The molecule has 2 heterocycles. The topological polar surface area (TPSA) is 54.4 Å². The monoisotopic (exact) mass is 399 g/mol. The van der Waals surface area contributed by atoms with Crippen molar-refractivity contribution in [3.8, 4) is 11.3 Å². The number of hydrogen-bond donors (Lipinski definition) is 1. The van der Waals surface area contributed by atoms with E-state index in [4.69, 9.17) is 4.98 Å². The molecule has 144 valence electrons. The quantitative estimate of drug-likeness (QED) is 0.335. The molecule has 5 heteroatoms. The third-order valence-electron chi connectivity index (χ3n) is 4.65. The van der Waals surface area contributed by atoms with Crippen molar-refractivity contribution in [2.45, 2.75) is 19.8 Å². The minimum atomic E-state index is -0.250. The third kappa shape index (κ3) is 4.41. The standard InChI is InChI=1S/C24H21N3OS/c1-2-6-17-10-12-18(13-11-17)23-15-21(20-8-3-4-9-22(20)26-23)24(28)27-25-16-19-7-5-14-29-19/h3-5,7-16H,2,6H2,1H3,(H,27,28)/b25-16+. The molecular formula is C24H21N3OS. The number of aromatic nitrogens is 1. The Morgan fingerprint density at radius 3 is 2.69 bits per heavy atom. The van der Waals surface area contributed by atoms with Crippen molar-refractivity contribution in [2.75, 3.05) is 0 Å². The van der Waals surface area contributed by atoms with Crippen LogP contribution in [0, 0.1) is 0 Å². The van der Waals surface area contributed by atoms with Crippen molar-refractivity contribution in [3.63, 3.8) is 0 Å². The molecule has 0 unspecified atom stereocenters. The zero-order chi connectivity index (χ0) is 20.1. The lowest BCUT2D eigenvalue weighted by Gasteiger charge is -2.09. The summed E-state index contributed by atoms with van der Waals surface area (Å²) < 4.78 is 0. The van der Waals surface area contributed by atoms with Crippen LogP contribution in [0.3, 0.4) is 0 Å². The molecule has 0 saturated heterocycles. The smallest absolute Gasteiger partial charge is 0.267 e. The number of rotatable bonds is 6. The summed E-state index contributed by atoms with van der Waals surface area (Å²) in [5.74, 6) is -0.250. The molecule has 0 bridgehead atoms. The van der Waals surface area contributed by atoms with Crippen LogP contribution in [0.5, 0.6) is 0 Å². The number of pyridine rings is 1. The fraction of sp³-hybridized carbons (Fsp3) is 0.125. The molecule has 2 aromatic carbocycles. The summed E-state index contributed by atoms with van der Waals surface area (Å²) in [6, 6.07) is 21.8. The second kappa shape index (κ2) is 8.80. The van der Waals surface area contributed by atoms with Crippen LogP contribution in [0.1, 0.15) is 34.1 Å². The fourth-order valence-corrected chi connectivity index (χ4v) is 3.81. The lowest BCUT2D eigenvalue weighted by molar-refractivity contribution is 0.0957. The highest BCUT2D eigenvalue weighted by atomic mass is 32.1. The van der Waals surface area contributed by atoms with Crippen LogP contribution in [0.2, 0.25) is 0 Å². The number of benzene rings is 2. The number of fused-ring (bicyclic) bond motifs is 1. The van der Waals surface area contributed by atoms with Crippen molar-refractivity contribution in [2.24, 2.45) is 5.10 Å². The highest BCUT2D eigenvalue weighted by Crippen LogP contribution is 2.25. The van der Waals surface area contributed by atoms with Crippen LogP contribution in [0.4, 0.5) is 0 Å². The molecule has 1 N–H and O–H groups in total. The molecule has 0 radical (unpaired) electrons. The number of aryl methyl sites for hydroxylation is 1. The Labute approximate surface area is 173 Å². The summed E-state index contributed by atoms with van der Waals surface area (Å²) in [4.78, 5) is 18.6. The molecule has 2 aromatic heterocycles. The molecule has 0 spiro atoms.